The lowest BCUT2D eigenvalue weighted by molar-refractivity contribution is -0.317. The maximum absolute atomic E-state index is 9.42. The molecule has 2 aliphatic heterocycles. The minimum absolute atomic E-state index is 0.00988. The second-order valence-electron chi connectivity index (χ2n) is 6.43. The SMILES string of the molecule is CC1(C)CC2(CC(C)(C)N1)OCC(O)CO2. The molecule has 0 aromatic carbocycles. The van der Waals surface area contributed by atoms with Crippen LogP contribution in [0.3, 0.4) is 0 Å². The van der Waals surface area contributed by atoms with Gasteiger partial charge in [0.25, 0.3) is 0 Å². The van der Waals surface area contributed by atoms with E-state index in [1.165, 1.54) is 0 Å². The lowest BCUT2D eigenvalue weighted by Crippen LogP contribution is -2.66. The molecule has 2 fully saturated rings. The lowest BCUT2D eigenvalue weighted by Gasteiger charge is -2.53. The Morgan fingerprint density at radius 3 is 1.88 bits per heavy atom. The first-order valence-electron chi connectivity index (χ1n) is 5.97. The number of piperidine rings is 1. The normalized spacial score (nSPS) is 32.8. The summed E-state index contributed by atoms with van der Waals surface area (Å²) in [5.74, 6) is -0.516. The minimum Gasteiger partial charge on any atom is -0.388 e. The second-order valence-corrected chi connectivity index (χ2v) is 6.43. The molecular weight excluding hydrogens is 206 g/mol. The summed E-state index contributed by atoms with van der Waals surface area (Å²) in [6, 6.07) is 0. The molecule has 2 rings (SSSR count). The summed E-state index contributed by atoms with van der Waals surface area (Å²) in [4.78, 5) is 0. The van der Waals surface area contributed by atoms with Gasteiger partial charge < -0.3 is 19.9 Å². The van der Waals surface area contributed by atoms with Crippen LogP contribution in [0.2, 0.25) is 0 Å². The van der Waals surface area contributed by atoms with Crippen molar-refractivity contribution in [3.8, 4) is 0 Å². The van der Waals surface area contributed by atoms with E-state index in [2.05, 4.69) is 33.0 Å². The van der Waals surface area contributed by atoms with Gasteiger partial charge in [0.2, 0.25) is 0 Å². The van der Waals surface area contributed by atoms with E-state index in [0.29, 0.717) is 13.2 Å². The van der Waals surface area contributed by atoms with Crippen molar-refractivity contribution in [3.63, 3.8) is 0 Å². The summed E-state index contributed by atoms with van der Waals surface area (Å²) in [6.07, 6.45) is 1.15. The Morgan fingerprint density at radius 2 is 1.44 bits per heavy atom. The molecule has 0 bridgehead atoms. The predicted molar refractivity (Wildman–Crippen MR) is 61.2 cm³/mol. The number of nitrogens with one attached hydrogen (secondary N) is 1. The van der Waals surface area contributed by atoms with Crippen molar-refractivity contribution in [3.05, 3.63) is 0 Å². The molecule has 0 atom stereocenters. The molecule has 0 radical (unpaired) electrons. The number of rotatable bonds is 0. The molecule has 0 aliphatic carbocycles. The zero-order chi connectivity index (χ0) is 12.0. The highest BCUT2D eigenvalue weighted by atomic mass is 16.7. The van der Waals surface area contributed by atoms with Crippen molar-refractivity contribution in [2.24, 2.45) is 0 Å². The Hall–Kier alpha value is -0.160. The summed E-state index contributed by atoms with van der Waals surface area (Å²) in [5.41, 5.74) is -0.0198. The van der Waals surface area contributed by atoms with Gasteiger partial charge in [-0.05, 0) is 27.7 Å². The van der Waals surface area contributed by atoms with Gasteiger partial charge >= 0.3 is 0 Å². The maximum atomic E-state index is 9.42. The fourth-order valence-corrected chi connectivity index (χ4v) is 3.20. The Labute approximate surface area is 97.3 Å². The van der Waals surface area contributed by atoms with Crippen LogP contribution >= 0.6 is 0 Å². The fraction of sp³-hybridized carbons (Fsp3) is 1.00. The summed E-state index contributed by atoms with van der Waals surface area (Å²) in [7, 11) is 0. The molecule has 4 heteroatoms. The molecule has 2 heterocycles. The maximum Gasteiger partial charge on any atom is 0.172 e. The van der Waals surface area contributed by atoms with Crippen LogP contribution in [0.15, 0.2) is 0 Å². The van der Waals surface area contributed by atoms with Crippen LogP contribution in [0.5, 0.6) is 0 Å². The van der Waals surface area contributed by atoms with E-state index in [4.69, 9.17) is 9.47 Å². The summed E-state index contributed by atoms with van der Waals surface area (Å²) >= 11 is 0. The van der Waals surface area contributed by atoms with Crippen LogP contribution in [0.4, 0.5) is 0 Å². The van der Waals surface area contributed by atoms with E-state index < -0.39 is 11.9 Å². The number of hydrogen-bond donors (Lipinski definition) is 2. The monoisotopic (exact) mass is 229 g/mol. The van der Waals surface area contributed by atoms with Crippen molar-refractivity contribution in [1.82, 2.24) is 5.32 Å². The smallest absolute Gasteiger partial charge is 0.172 e. The van der Waals surface area contributed by atoms with E-state index in [-0.39, 0.29) is 11.1 Å². The zero-order valence-corrected chi connectivity index (χ0v) is 10.7. The number of ether oxygens (including phenoxy) is 2. The van der Waals surface area contributed by atoms with Crippen molar-refractivity contribution in [2.75, 3.05) is 13.2 Å². The quantitative estimate of drug-likeness (QED) is 0.651. The minimum atomic E-state index is -0.516. The van der Waals surface area contributed by atoms with Gasteiger partial charge in [-0.15, -0.1) is 0 Å². The van der Waals surface area contributed by atoms with Gasteiger partial charge in [0.05, 0.1) is 13.2 Å². The summed E-state index contributed by atoms with van der Waals surface area (Å²) < 4.78 is 11.6. The van der Waals surface area contributed by atoms with Crippen molar-refractivity contribution < 1.29 is 14.6 Å². The number of aliphatic hydroxyl groups is 1. The van der Waals surface area contributed by atoms with Crippen LogP contribution < -0.4 is 5.32 Å². The van der Waals surface area contributed by atoms with Crippen LogP contribution in [-0.2, 0) is 9.47 Å². The third-order valence-electron chi connectivity index (χ3n) is 3.18. The highest BCUT2D eigenvalue weighted by molar-refractivity contribution is 5.02. The van der Waals surface area contributed by atoms with E-state index in [1.807, 2.05) is 0 Å². The second kappa shape index (κ2) is 3.67. The number of hydrogen-bond acceptors (Lipinski definition) is 4. The highest BCUT2D eigenvalue weighted by Crippen LogP contribution is 2.40. The Morgan fingerprint density at radius 1 is 1.00 bits per heavy atom. The Bertz CT molecular complexity index is 249. The molecule has 0 saturated carbocycles. The van der Waals surface area contributed by atoms with Crippen LogP contribution in [-0.4, -0.2) is 41.3 Å². The molecular formula is C12H23NO3. The van der Waals surface area contributed by atoms with Gasteiger partial charge in [0.1, 0.15) is 6.10 Å². The molecule has 1 spiro atoms. The molecule has 0 unspecified atom stereocenters. The molecule has 2 aliphatic rings. The van der Waals surface area contributed by atoms with E-state index in [9.17, 15) is 5.11 Å². The fourth-order valence-electron chi connectivity index (χ4n) is 3.20. The van der Waals surface area contributed by atoms with Gasteiger partial charge in [-0.3, -0.25) is 0 Å². The molecule has 2 N–H and O–H groups in total. The van der Waals surface area contributed by atoms with Gasteiger partial charge in [-0.2, -0.15) is 0 Å². The van der Waals surface area contributed by atoms with Gasteiger partial charge in [-0.25, -0.2) is 0 Å². The van der Waals surface area contributed by atoms with Crippen LogP contribution in [0.1, 0.15) is 40.5 Å². The molecule has 0 aromatic heterocycles. The third-order valence-corrected chi connectivity index (χ3v) is 3.18. The predicted octanol–water partition coefficient (Wildman–Crippen LogP) is 1.03. The van der Waals surface area contributed by atoms with Crippen molar-refractivity contribution >= 4 is 0 Å². The Kier molecular flexibility index (Phi) is 2.82. The van der Waals surface area contributed by atoms with E-state index in [0.717, 1.165) is 12.8 Å². The van der Waals surface area contributed by atoms with Crippen molar-refractivity contribution in [1.29, 1.82) is 0 Å². The topological polar surface area (TPSA) is 50.7 Å². The molecule has 4 nitrogen and oxygen atoms in total. The molecule has 0 amide bonds. The molecule has 2 saturated heterocycles. The van der Waals surface area contributed by atoms with Crippen molar-refractivity contribution in [2.45, 2.75) is 63.5 Å². The molecule has 0 aromatic rings. The first kappa shape index (κ1) is 12.3. The number of aliphatic hydroxyl groups excluding tert-OH is 1. The largest absolute Gasteiger partial charge is 0.388 e. The van der Waals surface area contributed by atoms with Crippen LogP contribution in [0, 0.1) is 0 Å². The lowest BCUT2D eigenvalue weighted by atomic mass is 9.78. The summed E-state index contributed by atoms with van der Waals surface area (Å²) in [5, 5.41) is 13.0. The van der Waals surface area contributed by atoms with Gasteiger partial charge in [0, 0.05) is 23.9 Å². The summed E-state index contributed by atoms with van der Waals surface area (Å²) in [6.45, 7) is 9.40. The molecule has 94 valence electrons. The van der Waals surface area contributed by atoms with Gasteiger partial charge in [-0.1, -0.05) is 0 Å². The average molecular weight is 229 g/mol. The zero-order valence-electron chi connectivity index (χ0n) is 10.7. The van der Waals surface area contributed by atoms with Gasteiger partial charge in [0.15, 0.2) is 5.79 Å². The van der Waals surface area contributed by atoms with E-state index >= 15 is 0 Å². The van der Waals surface area contributed by atoms with E-state index in [1.54, 1.807) is 0 Å². The average Bonchev–Trinajstić information content (AvgIpc) is 2.05. The molecule has 16 heavy (non-hydrogen) atoms. The van der Waals surface area contributed by atoms with Crippen LogP contribution in [0.25, 0.3) is 0 Å². The standard InChI is InChI=1S/C12H23NO3/c1-10(2)7-12(8-11(3,4)13-10)15-5-9(14)6-16-12/h9,13-14H,5-8H2,1-4H3. The Balaban J connectivity index is 2.15. The third kappa shape index (κ3) is 2.56. The first-order valence-corrected chi connectivity index (χ1v) is 5.97. The first-order chi connectivity index (χ1) is 7.22. The highest BCUT2D eigenvalue weighted by Gasteiger charge is 2.50.